The molecule has 4 aromatic rings. The number of hydrogen-bond donors (Lipinski definition) is 3. The third kappa shape index (κ3) is 4.54. The Kier molecular flexibility index (Phi) is 5.76. The summed E-state index contributed by atoms with van der Waals surface area (Å²) in [4.78, 5) is 12.1. The zero-order chi connectivity index (χ0) is 26.7. The smallest absolute Gasteiger partial charge is 0.264 e. The van der Waals surface area contributed by atoms with Gasteiger partial charge in [0, 0.05) is 27.7 Å². The minimum atomic E-state index is -4.30. The predicted octanol–water partition coefficient (Wildman–Crippen LogP) is 5.24. The molecule has 1 heterocycles. The molecule has 0 unspecified atom stereocenters. The molecule has 1 aliphatic rings. The van der Waals surface area contributed by atoms with Gasteiger partial charge in [0.15, 0.2) is 0 Å². The zero-order valence-corrected chi connectivity index (χ0v) is 22.3. The van der Waals surface area contributed by atoms with Gasteiger partial charge in [0.05, 0.1) is 10.6 Å². The first kappa shape index (κ1) is 24.8. The number of nitrogens with one attached hydrogen (secondary N) is 3. The van der Waals surface area contributed by atoms with E-state index in [1.54, 1.807) is 36.4 Å². The van der Waals surface area contributed by atoms with Crippen LogP contribution >= 0.6 is 0 Å². The van der Waals surface area contributed by atoms with Gasteiger partial charge in [-0.15, -0.1) is 0 Å². The molecule has 0 fully saturated rings. The molecule has 10 heteroatoms. The Labute approximate surface area is 215 Å². The summed E-state index contributed by atoms with van der Waals surface area (Å²) in [6.07, 6.45) is 0. The van der Waals surface area contributed by atoms with Crippen molar-refractivity contribution in [2.75, 3.05) is 14.8 Å². The van der Waals surface area contributed by atoms with Crippen LogP contribution in [0, 0.1) is 27.7 Å². The molecule has 0 spiro atoms. The summed E-state index contributed by atoms with van der Waals surface area (Å²) in [5.41, 5.74) is 4.40. The molecule has 0 saturated carbocycles. The van der Waals surface area contributed by atoms with E-state index in [0.717, 1.165) is 28.3 Å². The van der Waals surface area contributed by atoms with Gasteiger partial charge < -0.3 is 5.32 Å². The van der Waals surface area contributed by atoms with Crippen LogP contribution in [0.5, 0.6) is 0 Å². The van der Waals surface area contributed by atoms with E-state index in [-0.39, 0.29) is 31.8 Å². The van der Waals surface area contributed by atoms with E-state index in [4.69, 9.17) is 0 Å². The number of aryl methyl sites for hydroxylation is 4. The third-order valence-electron chi connectivity index (χ3n) is 6.10. The highest BCUT2D eigenvalue weighted by Crippen LogP contribution is 2.42. The summed E-state index contributed by atoms with van der Waals surface area (Å²) in [5.74, 6) is -0.500. The van der Waals surface area contributed by atoms with E-state index in [9.17, 15) is 21.6 Å². The highest BCUT2D eigenvalue weighted by atomic mass is 32.2. The molecule has 4 aromatic carbocycles. The lowest BCUT2D eigenvalue weighted by Gasteiger charge is -2.17. The molecular formula is C27H25N3O5S2. The van der Waals surface area contributed by atoms with Crippen LogP contribution in [0.25, 0.3) is 10.8 Å². The number of carbonyl (C=O) groups is 1. The molecule has 0 aliphatic carbocycles. The van der Waals surface area contributed by atoms with Crippen molar-refractivity contribution >= 4 is 53.8 Å². The van der Waals surface area contributed by atoms with Crippen LogP contribution in [0.2, 0.25) is 0 Å². The van der Waals surface area contributed by atoms with E-state index >= 15 is 0 Å². The zero-order valence-electron chi connectivity index (χ0n) is 20.6. The number of hydrogen-bond acceptors (Lipinski definition) is 5. The number of carbonyl (C=O) groups excluding carboxylic acids is 1. The molecule has 1 amide bonds. The van der Waals surface area contributed by atoms with Gasteiger partial charge in [-0.2, -0.15) is 0 Å². The van der Waals surface area contributed by atoms with Gasteiger partial charge >= 0.3 is 0 Å². The molecule has 190 valence electrons. The van der Waals surface area contributed by atoms with Crippen molar-refractivity contribution in [2.24, 2.45) is 0 Å². The monoisotopic (exact) mass is 535 g/mol. The average molecular weight is 536 g/mol. The predicted molar refractivity (Wildman–Crippen MR) is 145 cm³/mol. The molecule has 5 rings (SSSR count). The third-order valence-corrected chi connectivity index (χ3v) is 8.93. The molecule has 0 aromatic heterocycles. The van der Waals surface area contributed by atoms with Crippen LogP contribution in [-0.2, 0) is 20.0 Å². The molecule has 0 bridgehead atoms. The summed E-state index contributed by atoms with van der Waals surface area (Å²) < 4.78 is 59.7. The highest BCUT2D eigenvalue weighted by Gasteiger charge is 2.33. The lowest BCUT2D eigenvalue weighted by molar-refractivity contribution is 0.103. The molecule has 0 saturated heterocycles. The fourth-order valence-electron chi connectivity index (χ4n) is 4.84. The second-order valence-electron chi connectivity index (χ2n) is 9.39. The van der Waals surface area contributed by atoms with E-state index in [1.807, 2.05) is 39.8 Å². The normalized spacial score (nSPS) is 13.0. The summed E-state index contributed by atoms with van der Waals surface area (Å²) in [6, 6.07) is 16.3. The summed E-state index contributed by atoms with van der Waals surface area (Å²) >= 11 is 0. The molecular weight excluding hydrogens is 510 g/mol. The van der Waals surface area contributed by atoms with E-state index in [1.165, 1.54) is 6.07 Å². The van der Waals surface area contributed by atoms with Crippen molar-refractivity contribution in [2.45, 2.75) is 37.5 Å². The Morgan fingerprint density at radius 3 is 1.65 bits per heavy atom. The standard InChI is InChI=1S/C27H25N3O5S2/c1-15-8-16(2)11-19(10-15)29-36(32,33)23-14-24(26-25-21(23)6-5-7-22(25)27(31)28-26)37(34,35)30-20-12-17(3)9-18(4)13-20/h5-14,29-30H,1-4H3,(H,28,31). The van der Waals surface area contributed by atoms with E-state index < -0.39 is 26.0 Å². The van der Waals surface area contributed by atoms with Gasteiger partial charge in [0.25, 0.3) is 26.0 Å². The lowest BCUT2D eigenvalue weighted by atomic mass is 10.1. The van der Waals surface area contributed by atoms with Crippen LogP contribution < -0.4 is 14.8 Å². The van der Waals surface area contributed by atoms with Crippen LogP contribution in [0.3, 0.4) is 0 Å². The maximum atomic E-state index is 13.7. The topological polar surface area (TPSA) is 121 Å². The number of amides is 1. The maximum Gasteiger partial charge on any atom is 0.264 e. The van der Waals surface area contributed by atoms with E-state index in [2.05, 4.69) is 14.8 Å². The van der Waals surface area contributed by atoms with Gasteiger partial charge in [-0.05, 0) is 86.3 Å². The lowest BCUT2D eigenvalue weighted by Crippen LogP contribution is -2.18. The Bertz CT molecular complexity index is 1810. The quantitative estimate of drug-likeness (QED) is 0.312. The molecule has 8 nitrogen and oxygen atoms in total. The summed E-state index contributed by atoms with van der Waals surface area (Å²) in [7, 11) is -8.54. The second-order valence-corrected chi connectivity index (χ2v) is 12.7. The van der Waals surface area contributed by atoms with Crippen LogP contribution in [0.15, 0.2) is 70.5 Å². The fraction of sp³-hybridized carbons (Fsp3) is 0.148. The first-order valence-electron chi connectivity index (χ1n) is 11.5. The number of sulfonamides is 2. The number of benzene rings is 4. The van der Waals surface area contributed by atoms with Crippen LogP contribution in [0.1, 0.15) is 32.6 Å². The van der Waals surface area contributed by atoms with Crippen molar-refractivity contribution in [3.63, 3.8) is 0 Å². The molecule has 3 N–H and O–H groups in total. The molecule has 37 heavy (non-hydrogen) atoms. The average Bonchev–Trinajstić information content (AvgIpc) is 3.09. The SMILES string of the molecule is Cc1cc(C)cc(NS(=O)(=O)c2cc(S(=O)(=O)Nc3cc(C)cc(C)c3)c3cccc4c3c2NC4=O)c1. The Morgan fingerprint density at radius 2 is 1.14 bits per heavy atom. The van der Waals surface area contributed by atoms with Gasteiger partial charge in [-0.3, -0.25) is 14.2 Å². The molecule has 1 aliphatic heterocycles. The van der Waals surface area contributed by atoms with Gasteiger partial charge in [0.1, 0.15) is 4.90 Å². The maximum absolute atomic E-state index is 13.7. The van der Waals surface area contributed by atoms with Gasteiger partial charge in [0.2, 0.25) is 0 Å². The fourth-order valence-corrected chi connectivity index (χ4v) is 7.41. The largest absolute Gasteiger partial charge is 0.320 e. The van der Waals surface area contributed by atoms with Gasteiger partial charge in [-0.1, -0.05) is 24.3 Å². The Hall–Kier alpha value is -3.89. The van der Waals surface area contributed by atoms with Crippen molar-refractivity contribution in [3.05, 3.63) is 88.5 Å². The first-order chi connectivity index (χ1) is 17.3. The van der Waals surface area contributed by atoms with Crippen LogP contribution in [0.4, 0.5) is 17.1 Å². The van der Waals surface area contributed by atoms with Crippen LogP contribution in [-0.4, -0.2) is 22.7 Å². The van der Waals surface area contributed by atoms with E-state index in [0.29, 0.717) is 11.4 Å². The first-order valence-corrected chi connectivity index (χ1v) is 14.4. The number of rotatable bonds is 6. The Morgan fingerprint density at radius 1 is 0.649 bits per heavy atom. The molecule has 0 radical (unpaired) electrons. The number of anilines is 3. The minimum Gasteiger partial charge on any atom is -0.320 e. The van der Waals surface area contributed by atoms with Gasteiger partial charge in [-0.25, -0.2) is 16.8 Å². The van der Waals surface area contributed by atoms with Crippen molar-refractivity contribution in [1.82, 2.24) is 0 Å². The Balaban J connectivity index is 1.72. The van der Waals surface area contributed by atoms with Crippen molar-refractivity contribution in [3.8, 4) is 0 Å². The minimum absolute atomic E-state index is 0.0535. The summed E-state index contributed by atoms with van der Waals surface area (Å²) in [5, 5.41) is 3.11. The second kappa shape index (κ2) is 8.60. The summed E-state index contributed by atoms with van der Waals surface area (Å²) in [6.45, 7) is 7.39. The van der Waals surface area contributed by atoms with Crippen molar-refractivity contribution < 1.29 is 21.6 Å². The molecule has 0 atom stereocenters. The highest BCUT2D eigenvalue weighted by molar-refractivity contribution is 7.93. The van der Waals surface area contributed by atoms with Crippen molar-refractivity contribution in [1.29, 1.82) is 0 Å².